The smallest absolute Gasteiger partial charge is 0.331 e. The van der Waals surface area contributed by atoms with E-state index in [9.17, 15) is 9.59 Å². The van der Waals surface area contributed by atoms with E-state index in [1.807, 2.05) is 55.5 Å². The summed E-state index contributed by atoms with van der Waals surface area (Å²) in [6.07, 6.45) is 1.96. The van der Waals surface area contributed by atoms with E-state index in [-0.39, 0.29) is 12.5 Å². The maximum atomic E-state index is 12.2. The second-order valence-electron chi connectivity index (χ2n) is 5.91. The molecule has 0 aliphatic carbocycles. The molecule has 0 aliphatic rings. The van der Waals surface area contributed by atoms with Crippen molar-refractivity contribution in [1.29, 1.82) is 0 Å². The molecule has 0 fully saturated rings. The molecule has 148 valence electrons. The Morgan fingerprint density at radius 2 is 1.75 bits per heavy atom. The highest BCUT2D eigenvalue weighted by Crippen LogP contribution is 2.19. The Morgan fingerprint density at radius 1 is 1.07 bits per heavy atom. The van der Waals surface area contributed by atoms with Crippen molar-refractivity contribution >= 4 is 18.0 Å². The first-order valence-electron chi connectivity index (χ1n) is 9.05. The van der Waals surface area contributed by atoms with Crippen LogP contribution >= 0.6 is 0 Å². The molecule has 28 heavy (non-hydrogen) atoms. The molecule has 2 rings (SSSR count). The van der Waals surface area contributed by atoms with Gasteiger partial charge in [0, 0.05) is 23.7 Å². The number of methoxy groups -OCH3 is 1. The molecule has 1 N–H and O–H groups in total. The van der Waals surface area contributed by atoms with Gasteiger partial charge in [-0.2, -0.15) is 0 Å². The summed E-state index contributed by atoms with van der Waals surface area (Å²) >= 11 is 0. The number of nitrogens with one attached hydrogen (secondary N) is 1. The molecule has 6 heteroatoms. The lowest BCUT2D eigenvalue weighted by Gasteiger charge is -2.14. The van der Waals surface area contributed by atoms with Crippen LogP contribution in [0.15, 0.2) is 54.6 Å². The second-order valence-corrected chi connectivity index (χ2v) is 5.91. The number of para-hydroxylation sites is 2. The number of carbonyl (C=O) groups is 2. The molecule has 2 aromatic carbocycles. The molecule has 1 amide bonds. The molecule has 0 saturated heterocycles. The summed E-state index contributed by atoms with van der Waals surface area (Å²) in [5, 5.41) is 2.74. The summed E-state index contributed by atoms with van der Waals surface area (Å²) in [6.45, 7) is 4.22. The summed E-state index contributed by atoms with van der Waals surface area (Å²) in [5.41, 5.74) is 1.60. The number of amides is 1. The minimum Gasteiger partial charge on any atom is -0.496 e. The summed E-state index contributed by atoms with van der Waals surface area (Å²) in [5.74, 6) is 0.369. The Kier molecular flexibility index (Phi) is 8.09. The largest absolute Gasteiger partial charge is 0.496 e. The van der Waals surface area contributed by atoms with E-state index < -0.39 is 12.1 Å². The standard InChI is InChI=1S/C22H25NO5/c1-4-27-20-12-8-5-9-17(20)13-14-21(24)28-16(2)22(25)23-15-18-10-6-7-11-19(18)26-3/h5-14,16H,4,15H2,1-3H3,(H,23,25)/b14-13+/t16-/m0/s1. The highest BCUT2D eigenvalue weighted by atomic mass is 16.5. The molecule has 2 aromatic rings. The average molecular weight is 383 g/mol. The third-order valence-electron chi connectivity index (χ3n) is 3.93. The van der Waals surface area contributed by atoms with Crippen LogP contribution in [0.25, 0.3) is 6.08 Å². The maximum Gasteiger partial charge on any atom is 0.331 e. The normalized spacial score (nSPS) is 11.7. The van der Waals surface area contributed by atoms with E-state index in [0.29, 0.717) is 18.1 Å². The van der Waals surface area contributed by atoms with Crippen molar-refractivity contribution < 1.29 is 23.8 Å². The number of hydrogen-bond acceptors (Lipinski definition) is 5. The average Bonchev–Trinajstić information content (AvgIpc) is 2.71. The van der Waals surface area contributed by atoms with Gasteiger partial charge in [0.1, 0.15) is 11.5 Å². The van der Waals surface area contributed by atoms with Crippen molar-refractivity contribution in [3.63, 3.8) is 0 Å². The Labute approximate surface area is 165 Å². The number of benzene rings is 2. The Balaban J connectivity index is 1.88. The van der Waals surface area contributed by atoms with Crippen molar-refractivity contribution in [3.8, 4) is 11.5 Å². The van der Waals surface area contributed by atoms with Gasteiger partial charge in [0.15, 0.2) is 6.10 Å². The van der Waals surface area contributed by atoms with E-state index in [1.54, 1.807) is 13.2 Å². The van der Waals surface area contributed by atoms with Gasteiger partial charge in [0.05, 0.1) is 13.7 Å². The van der Waals surface area contributed by atoms with Crippen LogP contribution in [0.4, 0.5) is 0 Å². The van der Waals surface area contributed by atoms with Crippen LogP contribution in [-0.4, -0.2) is 31.7 Å². The third-order valence-corrected chi connectivity index (χ3v) is 3.93. The molecule has 0 aliphatic heterocycles. The lowest BCUT2D eigenvalue weighted by Crippen LogP contribution is -2.35. The van der Waals surface area contributed by atoms with Gasteiger partial charge in [-0.15, -0.1) is 0 Å². The first-order chi connectivity index (χ1) is 13.5. The van der Waals surface area contributed by atoms with Gasteiger partial charge in [-0.3, -0.25) is 4.79 Å². The number of rotatable bonds is 9. The minimum absolute atomic E-state index is 0.280. The van der Waals surface area contributed by atoms with Crippen molar-refractivity contribution in [1.82, 2.24) is 5.32 Å². The molecule has 0 heterocycles. The van der Waals surface area contributed by atoms with E-state index in [2.05, 4.69) is 5.32 Å². The first kappa shape index (κ1) is 21.0. The lowest BCUT2D eigenvalue weighted by atomic mass is 10.2. The molecule has 0 unspecified atom stereocenters. The Morgan fingerprint density at radius 3 is 2.46 bits per heavy atom. The molecular formula is C22H25NO5. The van der Waals surface area contributed by atoms with Crippen LogP contribution < -0.4 is 14.8 Å². The molecule has 0 spiro atoms. The van der Waals surface area contributed by atoms with Crippen molar-refractivity contribution in [3.05, 3.63) is 65.7 Å². The van der Waals surface area contributed by atoms with E-state index >= 15 is 0 Å². The van der Waals surface area contributed by atoms with Gasteiger partial charge < -0.3 is 19.5 Å². The van der Waals surface area contributed by atoms with Gasteiger partial charge in [-0.25, -0.2) is 4.79 Å². The first-order valence-corrected chi connectivity index (χ1v) is 9.05. The van der Waals surface area contributed by atoms with Crippen LogP contribution in [0.1, 0.15) is 25.0 Å². The van der Waals surface area contributed by atoms with E-state index in [4.69, 9.17) is 14.2 Å². The van der Waals surface area contributed by atoms with Crippen LogP contribution in [-0.2, 0) is 20.9 Å². The summed E-state index contributed by atoms with van der Waals surface area (Å²) in [4.78, 5) is 24.2. The fourth-order valence-corrected chi connectivity index (χ4v) is 2.51. The Hall–Kier alpha value is -3.28. The van der Waals surface area contributed by atoms with E-state index in [0.717, 1.165) is 11.1 Å². The summed E-state index contributed by atoms with van der Waals surface area (Å²) in [7, 11) is 1.57. The number of esters is 1. The number of ether oxygens (including phenoxy) is 3. The van der Waals surface area contributed by atoms with E-state index in [1.165, 1.54) is 13.0 Å². The fraction of sp³-hybridized carbons (Fsp3) is 0.273. The molecule has 0 bridgehead atoms. The Bertz CT molecular complexity index is 831. The van der Waals surface area contributed by atoms with Crippen molar-refractivity contribution in [2.75, 3.05) is 13.7 Å². The predicted molar refractivity (Wildman–Crippen MR) is 107 cm³/mol. The number of carbonyl (C=O) groups excluding carboxylic acids is 2. The highest BCUT2D eigenvalue weighted by molar-refractivity contribution is 5.90. The van der Waals surface area contributed by atoms with Crippen molar-refractivity contribution in [2.24, 2.45) is 0 Å². The summed E-state index contributed by atoms with van der Waals surface area (Å²) in [6, 6.07) is 14.7. The monoisotopic (exact) mass is 383 g/mol. The van der Waals surface area contributed by atoms with Gasteiger partial charge in [-0.1, -0.05) is 36.4 Å². The third kappa shape index (κ3) is 6.16. The quantitative estimate of drug-likeness (QED) is 0.531. The molecule has 0 aromatic heterocycles. The minimum atomic E-state index is -0.922. The maximum absolute atomic E-state index is 12.2. The van der Waals surface area contributed by atoms with Crippen molar-refractivity contribution in [2.45, 2.75) is 26.5 Å². The molecular weight excluding hydrogens is 358 g/mol. The molecule has 6 nitrogen and oxygen atoms in total. The van der Waals surface area contributed by atoms with Crippen LogP contribution in [0.3, 0.4) is 0 Å². The highest BCUT2D eigenvalue weighted by Gasteiger charge is 2.16. The lowest BCUT2D eigenvalue weighted by molar-refractivity contribution is -0.150. The summed E-state index contributed by atoms with van der Waals surface area (Å²) < 4.78 is 15.9. The van der Waals surface area contributed by atoms with Gasteiger partial charge in [0.2, 0.25) is 0 Å². The zero-order valence-electron chi connectivity index (χ0n) is 16.3. The van der Waals surface area contributed by atoms with Gasteiger partial charge >= 0.3 is 5.97 Å². The van der Waals surface area contributed by atoms with Gasteiger partial charge in [-0.05, 0) is 32.1 Å². The molecule has 0 radical (unpaired) electrons. The molecule has 1 atom stereocenters. The SMILES string of the molecule is CCOc1ccccc1/C=C/C(=O)O[C@@H](C)C(=O)NCc1ccccc1OC. The van der Waals surface area contributed by atoms with Crippen LogP contribution in [0, 0.1) is 0 Å². The molecule has 0 saturated carbocycles. The van der Waals surface area contributed by atoms with Gasteiger partial charge in [0.25, 0.3) is 5.91 Å². The van der Waals surface area contributed by atoms with Crippen LogP contribution in [0.5, 0.6) is 11.5 Å². The number of hydrogen-bond donors (Lipinski definition) is 1. The topological polar surface area (TPSA) is 73.9 Å². The predicted octanol–water partition coefficient (Wildman–Crippen LogP) is 3.36. The second kappa shape index (κ2) is 10.8. The zero-order valence-corrected chi connectivity index (χ0v) is 16.3. The fourth-order valence-electron chi connectivity index (χ4n) is 2.51. The zero-order chi connectivity index (χ0) is 20.4. The van der Waals surface area contributed by atoms with Crippen LogP contribution in [0.2, 0.25) is 0 Å².